The zero-order valence-electron chi connectivity index (χ0n) is 22.8. The first-order valence-corrected chi connectivity index (χ1v) is 13.1. The Balaban J connectivity index is 1.54. The van der Waals surface area contributed by atoms with E-state index in [1.54, 1.807) is 23.9 Å². The van der Waals surface area contributed by atoms with Gasteiger partial charge in [0.2, 0.25) is 5.95 Å². The number of ether oxygens (including phenoxy) is 1. The summed E-state index contributed by atoms with van der Waals surface area (Å²) in [6.07, 6.45) is 5.32. The van der Waals surface area contributed by atoms with Crippen LogP contribution in [-0.4, -0.2) is 61.3 Å². The van der Waals surface area contributed by atoms with Crippen molar-refractivity contribution < 1.29 is 4.74 Å². The molecule has 1 N–H and O–H groups in total. The van der Waals surface area contributed by atoms with Gasteiger partial charge in [-0.15, -0.1) is 11.7 Å². The quantitative estimate of drug-likeness (QED) is 0.345. The summed E-state index contributed by atoms with van der Waals surface area (Å²) in [5, 5.41) is 8.11. The van der Waals surface area contributed by atoms with E-state index in [0.29, 0.717) is 28.7 Å². The van der Waals surface area contributed by atoms with E-state index in [0.717, 1.165) is 37.4 Å². The monoisotopic (exact) mass is 530 g/mol. The number of likely N-dealkylation sites (tertiary alicyclic amines) is 1. The smallest absolute Gasteiger partial charge is 0.278 e. The van der Waals surface area contributed by atoms with Gasteiger partial charge in [0.15, 0.2) is 11.5 Å². The third-order valence-electron chi connectivity index (χ3n) is 7.14. The molecular formula is C28H34N8O3. The molecule has 0 unspecified atom stereocenters. The molecule has 1 aliphatic rings. The molecule has 0 amide bonds. The van der Waals surface area contributed by atoms with Crippen LogP contribution in [0.4, 0.5) is 11.6 Å². The zero-order chi connectivity index (χ0) is 27.7. The van der Waals surface area contributed by atoms with Crippen LogP contribution in [0.15, 0.2) is 58.8 Å². The molecule has 1 aromatic carbocycles. The van der Waals surface area contributed by atoms with E-state index in [1.165, 1.54) is 27.2 Å². The van der Waals surface area contributed by atoms with Crippen LogP contribution in [0.5, 0.6) is 5.75 Å². The number of hydrogen-bond acceptors (Lipinski definition) is 8. The molecule has 4 heterocycles. The lowest BCUT2D eigenvalue weighted by Crippen LogP contribution is -2.29. The second-order valence-electron chi connectivity index (χ2n) is 10.1. The standard InChI is InChI=1S/C28H34N8O3/c1-6-13-34-27(38)22-17-29-28(31-26(22)36(34)24-9-10-25(37)35(32-24)18(2)3)30-20-7-8-21(23(16-20)39-5)19-11-14-33(4)15-12-19/h6-10,16-19H,1,11-15H2,2-5H3,(H,29,30,31). The summed E-state index contributed by atoms with van der Waals surface area (Å²) >= 11 is 0. The van der Waals surface area contributed by atoms with Crippen molar-refractivity contribution in [3.8, 4) is 11.6 Å². The number of hydrogen-bond donors (Lipinski definition) is 1. The van der Waals surface area contributed by atoms with Crippen LogP contribution < -0.4 is 21.2 Å². The van der Waals surface area contributed by atoms with Crippen molar-refractivity contribution in [3.05, 3.63) is 75.5 Å². The Hall–Kier alpha value is -4.25. The summed E-state index contributed by atoms with van der Waals surface area (Å²) in [5.74, 6) is 1.99. The molecule has 1 saturated heterocycles. The van der Waals surface area contributed by atoms with E-state index in [2.05, 4.69) is 40.0 Å². The van der Waals surface area contributed by atoms with Gasteiger partial charge in [-0.3, -0.25) is 9.59 Å². The van der Waals surface area contributed by atoms with Gasteiger partial charge in [-0.2, -0.15) is 4.98 Å². The lowest BCUT2D eigenvalue weighted by molar-refractivity contribution is 0.252. The molecule has 11 nitrogen and oxygen atoms in total. The number of benzene rings is 1. The highest BCUT2D eigenvalue weighted by Crippen LogP contribution is 2.36. The van der Waals surface area contributed by atoms with Gasteiger partial charge in [0, 0.05) is 24.0 Å². The predicted octanol–water partition coefficient (Wildman–Crippen LogP) is 3.47. The molecule has 39 heavy (non-hydrogen) atoms. The molecule has 5 rings (SSSR count). The number of nitrogens with one attached hydrogen (secondary N) is 1. The number of anilines is 2. The van der Waals surface area contributed by atoms with Crippen LogP contribution in [-0.2, 0) is 6.54 Å². The highest BCUT2D eigenvalue weighted by atomic mass is 16.5. The largest absolute Gasteiger partial charge is 0.496 e. The van der Waals surface area contributed by atoms with E-state index in [9.17, 15) is 9.59 Å². The predicted molar refractivity (Wildman–Crippen MR) is 152 cm³/mol. The molecule has 204 valence electrons. The fraction of sp³-hybridized carbons (Fsp3) is 0.393. The van der Waals surface area contributed by atoms with Gasteiger partial charge in [-0.05, 0) is 70.4 Å². The summed E-state index contributed by atoms with van der Waals surface area (Å²) in [5.41, 5.74) is 1.85. The SMILES string of the molecule is C=CCn1c(=O)c2cnc(Nc3ccc(C4CCN(C)CC4)c(OC)c3)nc2n1-c1ccc(=O)n(C(C)C)n1. The fourth-order valence-electron chi connectivity index (χ4n) is 5.08. The third kappa shape index (κ3) is 5.09. The van der Waals surface area contributed by atoms with E-state index in [4.69, 9.17) is 9.72 Å². The lowest BCUT2D eigenvalue weighted by Gasteiger charge is -2.30. The fourth-order valence-corrected chi connectivity index (χ4v) is 5.08. The number of methoxy groups -OCH3 is 1. The first-order chi connectivity index (χ1) is 18.8. The van der Waals surface area contributed by atoms with Gasteiger partial charge < -0.3 is 15.0 Å². The molecule has 1 fully saturated rings. The summed E-state index contributed by atoms with van der Waals surface area (Å²) in [7, 11) is 3.84. The minimum Gasteiger partial charge on any atom is -0.496 e. The van der Waals surface area contributed by atoms with Crippen molar-refractivity contribution in [1.29, 1.82) is 0 Å². The highest BCUT2D eigenvalue weighted by molar-refractivity contribution is 5.77. The molecule has 0 aliphatic carbocycles. The maximum atomic E-state index is 13.2. The molecule has 0 radical (unpaired) electrons. The summed E-state index contributed by atoms with van der Waals surface area (Å²) < 4.78 is 10.2. The second-order valence-corrected chi connectivity index (χ2v) is 10.1. The van der Waals surface area contributed by atoms with Crippen LogP contribution in [0, 0.1) is 0 Å². The van der Waals surface area contributed by atoms with Crippen LogP contribution in [0.3, 0.4) is 0 Å². The Kier molecular flexibility index (Phi) is 7.34. The van der Waals surface area contributed by atoms with Gasteiger partial charge in [0.05, 0.1) is 19.7 Å². The lowest BCUT2D eigenvalue weighted by atomic mass is 9.89. The van der Waals surface area contributed by atoms with E-state index in [1.807, 2.05) is 26.0 Å². The van der Waals surface area contributed by atoms with E-state index >= 15 is 0 Å². The van der Waals surface area contributed by atoms with Gasteiger partial charge >= 0.3 is 0 Å². The number of fused-ring (bicyclic) bond motifs is 1. The third-order valence-corrected chi connectivity index (χ3v) is 7.14. The van der Waals surface area contributed by atoms with E-state index in [-0.39, 0.29) is 23.7 Å². The normalized spacial score (nSPS) is 14.7. The summed E-state index contributed by atoms with van der Waals surface area (Å²) in [4.78, 5) is 37.0. The molecule has 11 heteroatoms. The number of nitrogens with zero attached hydrogens (tertiary/aromatic N) is 7. The second kappa shape index (κ2) is 10.9. The molecule has 1 aliphatic heterocycles. The van der Waals surface area contributed by atoms with Crippen molar-refractivity contribution in [2.45, 2.75) is 45.2 Å². The minimum atomic E-state index is -0.273. The molecule has 0 bridgehead atoms. The number of aromatic nitrogens is 6. The van der Waals surface area contributed by atoms with Crippen molar-refractivity contribution in [3.63, 3.8) is 0 Å². The minimum absolute atomic E-state index is 0.154. The number of piperidine rings is 1. The zero-order valence-corrected chi connectivity index (χ0v) is 22.8. The van der Waals surface area contributed by atoms with Crippen molar-refractivity contribution in [2.24, 2.45) is 0 Å². The van der Waals surface area contributed by atoms with Gasteiger partial charge in [-0.25, -0.2) is 19.0 Å². The average molecular weight is 531 g/mol. The maximum absolute atomic E-state index is 13.2. The molecule has 4 aromatic rings. The summed E-state index contributed by atoms with van der Waals surface area (Å²) in [6.45, 7) is 9.90. The summed E-state index contributed by atoms with van der Waals surface area (Å²) in [6, 6.07) is 8.93. The topological polar surface area (TPSA) is 112 Å². The van der Waals surface area contributed by atoms with Crippen LogP contribution in [0.1, 0.15) is 44.2 Å². The Labute approximate surface area is 226 Å². The number of rotatable bonds is 8. The average Bonchev–Trinajstić information content (AvgIpc) is 3.20. The maximum Gasteiger partial charge on any atom is 0.278 e. The van der Waals surface area contributed by atoms with Crippen molar-refractivity contribution in [1.82, 2.24) is 34.0 Å². The van der Waals surface area contributed by atoms with Crippen LogP contribution in [0.25, 0.3) is 16.9 Å². The Morgan fingerprint density at radius 1 is 1.18 bits per heavy atom. The van der Waals surface area contributed by atoms with E-state index < -0.39 is 0 Å². The first kappa shape index (κ1) is 26.4. The Morgan fingerprint density at radius 3 is 2.64 bits per heavy atom. The Morgan fingerprint density at radius 2 is 1.95 bits per heavy atom. The number of allylic oxidation sites excluding steroid dienone is 1. The molecule has 0 saturated carbocycles. The van der Waals surface area contributed by atoms with Gasteiger partial charge in [0.25, 0.3) is 11.1 Å². The van der Waals surface area contributed by atoms with Crippen LogP contribution >= 0.6 is 0 Å². The van der Waals surface area contributed by atoms with Gasteiger partial charge in [0.1, 0.15) is 11.1 Å². The molecule has 3 aromatic heterocycles. The Bertz CT molecular complexity index is 1630. The molecule has 0 spiro atoms. The first-order valence-electron chi connectivity index (χ1n) is 13.1. The highest BCUT2D eigenvalue weighted by Gasteiger charge is 2.22. The van der Waals surface area contributed by atoms with Gasteiger partial charge in [-0.1, -0.05) is 12.1 Å². The molecular weight excluding hydrogens is 496 g/mol. The van der Waals surface area contributed by atoms with Crippen LogP contribution in [0.2, 0.25) is 0 Å². The van der Waals surface area contributed by atoms with Crippen molar-refractivity contribution in [2.75, 3.05) is 32.6 Å². The molecule has 0 atom stereocenters. The van der Waals surface area contributed by atoms with Crippen molar-refractivity contribution >= 4 is 22.7 Å².